The van der Waals surface area contributed by atoms with E-state index < -0.39 is 0 Å². The predicted octanol–water partition coefficient (Wildman–Crippen LogP) is 15.6. The van der Waals surface area contributed by atoms with Crippen molar-refractivity contribution in [1.29, 1.82) is 0 Å². The number of para-hydroxylation sites is 2. The van der Waals surface area contributed by atoms with E-state index in [1.165, 1.54) is 31.7 Å². The van der Waals surface area contributed by atoms with Gasteiger partial charge in [-0.05, 0) is 63.7 Å². The van der Waals surface area contributed by atoms with Crippen LogP contribution in [0.3, 0.4) is 0 Å². The quantitative estimate of drug-likeness (QED) is 0.154. The van der Waals surface area contributed by atoms with Gasteiger partial charge in [0.2, 0.25) is 0 Å². The lowest BCUT2D eigenvalue weighted by molar-refractivity contribution is 1.32. The summed E-state index contributed by atoms with van der Waals surface area (Å²) in [6, 6.07) is 75.3. The molecule has 3 aromatic heterocycles. The van der Waals surface area contributed by atoms with Crippen LogP contribution < -0.4 is 0 Å². The summed E-state index contributed by atoms with van der Waals surface area (Å²) in [5.74, 6) is 0. The molecule has 0 amide bonds. The molecule has 5 heteroatoms. The second kappa shape index (κ2) is 15.5. The number of pyridine rings is 1. The van der Waals surface area contributed by atoms with E-state index in [2.05, 4.69) is 200 Å². The Hall–Kier alpha value is -7.31. The monoisotopic (exact) mass is 801 g/mol. The van der Waals surface area contributed by atoms with Crippen LogP contribution >= 0.6 is 22.7 Å². The van der Waals surface area contributed by atoms with Gasteiger partial charge >= 0.3 is 0 Å². The predicted molar refractivity (Wildman–Crippen MR) is 254 cm³/mol. The summed E-state index contributed by atoms with van der Waals surface area (Å²) in [5.41, 5.74) is 17.2. The van der Waals surface area contributed by atoms with Crippen LogP contribution in [0.4, 0.5) is 0 Å². The number of fused-ring (bicyclic) bond motifs is 2. The van der Waals surface area contributed by atoms with Gasteiger partial charge in [0.05, 0.1) is 31.8 Å². The second-order valence-electron chi connectivity index (χ2n) is 14.8. The van der Waals surface area contributed by atoms with Crippen molar-refractivity contribution in [2.45, 2.75) is 0 Å². The molecule has 0 saturated carbocycles. The average molecular weight is 802 g/mol. The lowest BCUT2D eigenvalue weighted by Crippen LogP contribution is -1.97. The summed E-state index contributed by atoms with van der Waals surface area (Å²) in [6.07, 6.45) is 0. The van der Waals surface area contributed by atoms with Crippen molar-refractivity contribution in [3.8, 4) is 88.2 Å². The summed E-state index contributed by atoms with van der Waals surface area (Å²) in [5, 5.41) is 2.03. The largest absolute Gasteiger partial charge is 0.246 e. The zero-order valence-electron chi connectivity index (χ0n) is 32.4. The molecule has 11 rings (SSSR count). The zero-order chi connectivity index (χ0) is 39.8. The molecule has 0 saturated heterocycles. The van der Waals surface area contributed by atoms with Crippen LogP contribution in [0.25, 0.3) is 109 Å². The third kappa shape index (κ3) is 6.90. The van der Waals surface area contributed by atoms with Gasteiger partial charge in [-0.1, -0.05) is 182 Å². The minimum atomic E-state index is 0.930. The molecule has 0 fully saturated rings. The van der Waals surface area contributed by atoms with Crippen LogP contribution in [-0.4, -0.2) is 15.0 Å². The van der Waals surface area contributed by atoms with E-state index in [-0.39, 0.29) is 0 Å². The third-order valence-electron chi connectivity index (χ3n) is 11.0. The van der Waals surface area contributed by atoms with E-state index in [0.29, 0.717) is 0 Å². The van der Waals surface area contributed by atoms with Crippen LogP contribution in [-0.2, 0) is 0 Å². The molecule has 0 N–H and O–H groups in total. The van der Waals surface area contributed by atoms with E-state index >= 15 is 0 Å². The van der Waals surface area contributed by atoms with Gasteiger partial charge in [-0.3, -0.25) is 0 Å². The minimum absolute atomic E-state index is 0.930. The highest BCUT2D eigenvalue weighted by atomic mass is 32.1. The van der Waals surface area contributed by atoms with Gasteiger partial charge < -0.3 is 0 Å². The maximum atomic E-state index is 5.67. The maximum Gasteiger partial charge on any atom is 0.124 e. The highest BCUT2D eigenvalue weighted by molar-refractivity contribution is 7.22. The first-order valence-electron chi connectivity index (χ1n) is 20.0. The van der Waals surface area contributed by atoms with Crippen molar-refractivity contribution in [3.63, 3.8) is 0 Å². The van der Waals surface area contributed by atoms with E-state index in [9.17, 15) is 0 Å². The Bertz CT molecular complexity index is 2970. The number of nitrogens with zero attached hydrogens (tertiary/aromatic N) is 3. The standard InChI is InChI=1S/C55H35N3S2/c1-3-11-36(12-4-1)38-19-27-42(28-20-38)52-46(40-23-31-44(32-24-40)54-56-48-15-7-9-17-50(48)59-54)35-47(53(58-52)43-29-21-39(22-30-43)37-13-5-2-6-14-37)41-25-33-45(34-26-41)55-57-49-16-8-10-18-51(49)60-55/h1-35H. The number of benzene rings is 8. The third-order valence-corrected chi connectivity index (χ3v) is 13.2. The zero-order valence-corrected chi connectivity index (χ0v) is 34.0. The molecule has 11 aromatic rings. The van der Waals surface area contributed by atoms with Crippen LogP contribution in [0, 0.1) is 0 Å². The van der Waals surface area contributed by atoms with Crippen LogP contribution in [0.15, 0.2) is 212 Å². The molecular formula is C55H35N3S2. The van der Waals surface area contributed by atoms with Crippen molar-refractivity contribution in [2.75, 3.05) is 0 Å². The first-order valence-corrected chi connectivity index (χ1v) is 21.6. The number of hydrogen-bond acceptors (Lipinski definition) is 5. The highest BCUT2D eigenvalue weighted by Gasteiger charge is 2.19. The minimum Gasteiger partial charge on any atom is -0.246 e. The number of aromatic nitrogens is 3. The smallest absolute Gasteiger partial charge is 0.124 e. The molecule has 0 aliphatic heterocycles. The van der Waals surface area contributed by atoms with Crippen molar-refractivity contribution in [1.82, 2.24) is 15.0 Å². The highest BCUT2D eigenvalue weighted by Crippen LogP contribution is 2.42. The molecule has 0 radical (unpaired) electrons. The fourth-order valence-corrected chi connectivity index (χ4v) is 9.81. The Morgan fingerprint density at radius 3 is 0.967 bits per heavy atom. The SMILES string of the molecule is c1ccc(-c2ccc(-c3nc(-c4ccc(-c5ccccc5)cc4)c(-c4ccc(-c5nc6ccccc6s5)cc4)cc3-c3ccc(-c4nc5ccccc5s4)cc3)cc2)cc1. The lowest BCUT2D eigenvalue weighted by atomic mass is 9.90. The summed E-state index contributed by atoms with van der Waals surface area (Å²) >= 11 is 3.45. The van der Waals surface area contributed by atoms with Crippen LogP contribution in [0.5, 0.6) is 0 Å². The van der Waals surface area contributed by atoms with Gasteiger partial charge in [0.1, 0.15) is 10.0 Å². The molecule has 0 unspecified atom stereocenters. The first-order chi connectivity index (χ1) is 29.7. The number of hydrogen-bond donors (Lipinski definition) is 0. The Labute approximate surface area is 356 Å². The van der Waals surface area contributed by atoms with Gasteiger partial charge in [-0.15, -0.1) is 22.7 Å². The summed E-state index contributed by atoms with van der Waals surface area (Å²) in [7, 11) is 0. The summed E-state index contributed by atoms with van der Waals surface area (Å²) < 4.78 is 2.38. The fourth-order valence-electron chi connectivity index (χ4n) is 7.87. The molecule has 3 nitrogen and oxygen atoms in total. The van der Waals surface area contributed by atoms with Crippen molar-refractivity contribution >= 4 is 43.1 Å². The van der Waals surface area contributed by atoms with Gasteiger partial charge in [0.15, 0.2) is 0 Å². The normalized spacial score (nSPS) is 11.3. The number of thiazole rings is 2. The van der Waals surface area contributed by atoms with Gasteiger partial charge in [-0.25, -0.2) is 15.0 Å². The molecule has 282 valence electrons. The molecule has 0 spiro atoms. The Kier molecular flexibility index (Phi) is 9.23. The molecule has 60 heavy (non-hydrogen) atoms. The Balaban J connectivity index is 1.08. The molecule has 0 aliphatic carbocycles. The lowest BCUT2D eigenvalue weighted by Gasteiger charge is -2.18. The van der Waals surface area contributed by atoms with Gasteiger partial charge in [0.25, 0.3) is 0 Å². The van der Waals surface area contributed by atoms with E-state index in [0.717, 1.165) is 76.9 Å². The molecule has 0 bridgehead atoms. The van der Waals surface area contributed by atoms with E-state index in [1.807, 2.05) is 12.1 Å². The summed E-state index contributed by atoms with van der Waals surface area (Å²) in [4.78, 5) is 15.6. The van der Waals surface area contributed by atoms with Crippen LogP contribution in [0.2, 0.25) is 0 Å². The fraction of sp³-hybridized carbons (Fsp3) is 0. The first kappa shape index (κ1) is 35.8. The van der Waals surface area contributed by atoms with Crippen molar-refractivity contribution < 1.29 is 0 Å². The molecular weight excluding hydrogens is 767 g/mol. The van der Waals surface area contributed by atoms with E-state index in [1.54, 1.807) is 22.7 Å². The topological polar surface area (TPSA) is 38.7 Å². The molecule has 3 heterocycles. The molecule has 0 aliphatic rings. The average Bonchev–Trinajstić information content (AvgIpc) is 3.98. The van der Waals surface area contributed by atoms with Crippen molar-refractivity contribution in [2.24, 2.45) is 0 Å². The van der Waals surface area contributed by atoms with Gasteiger partial charge in [-0.2, -0.15) is 0 Å². The van der Waals surface area contributed by atoms with Crippen molar-refractivity contribution in [3.05, 3.63) is 212 Å². The second-order valence-corrected chi connectivity index (χ2v) is 16.9. The van der Waals surface area contributed by atoms with Crippen LogP contribution in [0.1, 0.15) is 0 Å². The molecule has 0 atom stereocenters. The Morgan fingerprint density at radius 1 is 0.250 bits per heavy atom. The maximum absolute atomic E-state index is 5.67. The molecule has 8 aromatic carbocycles. The van der Waals surface area contributed by atoms with E-state index in [4.69, 9.17) is 15.0 Å². The number of rotatable bonds is 8. The van der Waals surface area contributed by atoms with Gasteiger partial charge in [0, 0.05) is 33.4 Å². The Morgan fingerprint density at radius 2 is 0.567 bits per heavy atom. The summed E-state index contributed by atoms with van der Waals surface area (Å²) in [6.45, 7) is 0.